The minimum atomic E-state index is -0.369. The number of aromatic nitrogens is 2. The van der Waals surface area contributed by atoms with Crippen LogP contribution >= 0.6 is 11.8 Å². The topological polar surface area (TPSA) is 73.2 Å². The van der Waals surface area contributed by atoms with Gasteiger partial charge in [0.15, 0.2) is 5.16 Å². The number of carbonyl (C=O) groups excluding carboxylic acids is 1. The highest BCUT2D eigenvalue weighted by Gasteiger charge is 2.15. The van der Waals surface area contributed by atoms with Gasteiger partial charge >= 0.3 is 0 Å². The first kappa shape index (κ1) is 22.5. The highest BCUT2D eigenvalue weighted by molar-refractivity contribution is 7.99. The van der Waals surface area contributed by atoms with Gasteiger partial charge in [-0.2, -0.15) is 0 Å². The van der Waals surface area contributed by atoms with Crippen LogP contribution in [0.4, 0.5) is 4.39 Å². The SMILES string of the molecule is CCOc1ccc(-n2c(SCC(=O)NCc3ccccc3F)nc3ccccc3c2=O)cc1. The molecule has 0 fully saturated rings. The Balaban J connectivity index is 1.59. The molecule has 168 valence electrons. The smallest absolute Gasteiger partial charge is 0.266 e. The van der Waals surface area contributed by atoms with Crippen molar-refractivity contribution in [1.82, 2.24) is 14.9 Å². The van der Waals surface area contributed by atoms with Gasteiger partial charge in [-0.05, 0) is 49.4 Å². The molecule has 0 unspecified atom stereocenters. The maximum atomic E-state index is 13.8. The molecule has 0 aliphatic rings. The molecule has 6 nitrogen and oxygen atoms in total. The van der Waals surface area contributed by atoms with Crippen LogP contribution < -0.4 is 15.6 Å². The number of nitrogens with zero attached hydrogens (tertiary/aromatic N) is 2. The van der Waals surface area contributed by atoms with Crippen molar-refractivity contribution in [3.05, 3.63) is 94.5 Å². The molecule has 4 aromatic rings. The van der Waals surface area contributed by atoms with E-state index in [1.807, 2.05) is 13.0 Å². The van der Waals surface area contributed by atoms with Crippen LogP contribution in [0.3, 0.4) is 0 Å². The molecule has 0 bridgehead atoms. The number of fused-ring (bicyclic) bond motifs is 1. The zero-order valence-corrected chi connectivity index (χ0v) is 18.8. The van der Waals surface area contributed by atoms with Gasteiger partial charge in [0, 0.05) is 12.1 Å². The molecule has 0 saturated heterocycles. The average molecular weight is 464 g/mol. The molecule has 0 aliphatic heterocycles. The number of para-hydroxylation sites is 1. The van der Waals surface area contributed by atoms with Crippen molar-refractivity contribution in [2.45, 2.75) is 18.6 Å². The number of hydrogen-bond donors (Lipinski definition) is 1. The van der Waals surface area contributed by atoms with Crippen molar-refractivity contribution in [2.24, 2.45) is 0 Å². The normalized spacial score (nSPS) is 10.8. The summed E-state index contributed by atoms with van der Waals surface area (Å²) in [4.78, 5) is 30.3. The van der Waals surface area contributed by atoms with Crippen LogP contribution in [0, 0.1) is 5.82 Å². The summed E-state index contributed by atoms with van der Waals surface area (Å²) in [6, 6.07) is 20.5. The molecule has 33 heavy (non-hydrogen) atoms. The Morgan fingerprint density at radius 3 is 2.55 bits per heavy atom. The molecule has 0 atom stereocenters. The number of benzene rings is 3. The van der Waals surface area contributed by atoms with Gasteiger partial charge in [0.05, 0.1) is 29.0 Å². The Morgan fingerprint density at radius 2 is 1.79 bits per heavy atom. The van der Waals surface area contributed by atoms with Gasteiger partial charge in [0.2, 0.25) is 5.91 Å². The van der Waals surface area contributed by atoms with E-state index in [1.165, 1.54) is 10.6 Å². The number of thioether (sulfide) groups is 1. The fourth-order valence-corrected chi connectivity index (χ4v) is 4.15. The van der Waals surface area contributed by atoms with E-state index in [9.17, 15) is 14.0 Å². The van der Waals surface area contributed by atoms with E-state index in [0.29, 0.717) is 39.7 Å². The quantitative estimate of drug-likeness (QED) is 0.311. The summed E-state index contributed by atoms with van der Waals surface area (Å²) in [6.45, 7) is 2.53. The summed E-state index contributed by atoms with van der Waals surface area (Å²) in [5, 5.41) is 3.59. The molecule has 0 saturated carbocycles. The van der Waals surface area contributed by atoms with E-state index < -0.39 is 0 Å². The zero-order valence-electron chi connectivity index (χ0n) is 18.0. The van der Waals surface area contributed by atoms with Crippen molar-refractivity contribution in [3.8, 4) is 11.4 Å². The van der Waals surface area contributed by atoms with Gasteiger partial charge in [-0.15, -0.1) is 0 Å². The molecule has 1 aromatic heterocycles. The first-order valence-corrected chi connectivity index (χ1v) is 11.4. The summed E-state index contributed by atoms with van der Waals surface area (Å²) < 4.78 is 20.8. The lowest BCUT2D eigenvalue weighted by Gasteiger charge is -2.14. The molecular formula is C25H22FN3O3S. The highest BCUT2D eigenvalue weighted by atomic mass is 32.2. The van der Waals surface area contributed by atoms with E-state index in [2.05, 4.69) is 10.3 Å². The number of rotatable bonds is 8. The average Bonchev–Trinajstić information content (AvgIpc) is 2.83. The van der Waals surface area contributed by atoms with E-state index >= 15 is 0 Å². The Morgan fingerprint density at radius 1 is 1.06 bits per heavy atom. The van der Waals surface area contributed by atoms with Crippen molar-refractivity contribution in [3.63, 3.8) is 0 Å². The number of amides is 1. The molecule has 8 heteroatoms. The van der Waals surface area contributed by atoms with Crippen LogP contribution in [0.15, 0.2) is 82.7 Å². The van der Waals surface area contributed by atoms with Gasteiger partial charge in [-0.3, -0.25) is 14.2 Å². The van der Waals surface area contributed by atoms with Gasteiger partial charge in [0.25, 0.3) is 5.56 Å². The van der Waals surface area contributed by atoms with Gasteiger partial charge in [0.1, 0.15) is 11.6 Å². The van der Waals surface area contributed by atoms with Crippen molar-refractivity contribution < 1.29 is 13.9 Å². The maximum absolute atomic E-state index is 13.8. The predicted molar refractivity (Wildman–Crippen MR) is 127 cm³/mol. The summed E-state index contributed by atoms with van der Waals surface area (Å²) in [5.41, 5.74) is 1.36. The minimum Gasteiger partial charge on any atom is -0.494 e. The Labute approximate surface area is 194 Å². The molecule has 0 spiro atoms. The van der Waals surface area contributed by atoms with Crippen LogP contribution in [-0.4, -0.2) is 27.8 Å². The lowest BCUT2D eigenvalue weighted by Crippen LogP contribution is -2.26. The van der Waals surface area contributed by atoms with E-state index in [4.69, 9.17) is 4.74 Å². The van der Waals surface area contributed by atoms with Crippen LogP contribution in [0.25, 0.3) is 16.6 Å². The van der Waals surface area contributed by atoms with Crippen molar-refractivity contribution in [2.75, 3.05) is 12.4 Å². The fourth-order valence-electron chi connectivity index (χ4n) is 3.31. The summed E-state index contributed by atoms with van der Waals surface area (Å²) in [7, 11) is 0. The fraction of sp³-hybridized carbons (Fsp3) is 0.160. The zero-order chi connectivity index (χ0) is 23.2. The molecule has 3 aromatic carbocycles. The van der Waals surface area contributed by atoms with Gasteiger partial charge in [-0.1, -0.05) is 42.1 Å². The number of halogens is 1. The first-order valence-electron chi connectivity index (χ1n) is 10.4. The number of nitrogens with one attached hydrogen (secondary N) is 1. The number of ether oxygens (including phenoxy) is 1. The number of hydrogen-bond acceptors (Lipinski definition) is 5. The second kappa shape index (κ2) is 10.3. The monoisotopic (exact) mass is 463 g/mol. The summed E-state index contributed by atoms with van der Waals surface area (Å²) in [5.74, 6) is 0.0654. The molecule has 0 radical (unpaired) electrons. The lowest BCUT2D eigenvalue weighted by molar-refractivity contribution is -0.118. The Hall–Kier alpha value is -3.65. The van der Waals surface area contributed by atoms with Crippen LogP contribution in [0.5, 0.6) is 5.75 Å². The van der Waals surface area contributed by atoms with Gasteiger partial charge in [-0.25, -0.2) is 9.37 Å². The standard InChI is InChI=1S/C25H22FN3O3S/c1-2-32-19-13-11-18(12-14-19)29-24(31)20-8-4-6-10-22(20)28-25(29)33-16-23(30)27-15-17-7-3-5-9-21(17)26/h3-14H,2,15-16H2,1H3,(H,27,30). The second-order valence-electron chi connectivity index (χ2n) is 7.14. The maximum Gasteiger partial charge on any atom is 0.266 e. The third-order valence-electron chi connectivity index (χ3n) is 4.92. The minimum absolute atomic E-state index is 0.0241. The lowest BCUT2D eigenvalue weighted by atomic mass is 10.2. The largest absolute Gasteiger partial charge is 0.494 e. The molecule has 1 N–H and O–H groups in total. The molecule has 0 aliphatic carbocycles. The van der Waals surface area contributed by atoms with E-state index in [0.717, 1.165) is 11.8 Å². The van der Waals surface area contributed by atoms with Crippen LogP contribution in [-0.2, 0) is 11.3 Å². The third-order valence-corrected chi connectivity index (χ3v) is 5.86. The number of carbonyl (C=O) groups is 1. The predicted octanol–water partition coefficient (Wildman–Crippen LogP) is 4.33. The highest BCUT2D eigenvalue weighted by Crippen LogP contribution is 2.23. The van der Waals surface area contributed by atoms with Crippen LogP contribution in [0.2, 0.25) is 0 Å². The second-order valence-corrected chi connectivity index (χ2v) is 8.08. The molecule has 4 rings (SSSR count). The Bertz CT molecular complexity index is 1340. The van der Waals surface area contributed by atoms with Crippen LogP contribution in [0.1, 0.15) is 12.5 Å². The Kier molecular flexibility index (Phi) is 7.04. The van der Waals surface area contributed by atoms with Gasteiger partial charge < -0.3 is 10.1 Å². The third kappa shape index (κ3) is 5.23. The molecular weight excluding hydrogens is 441 g/mol. The van der Waals surface area contributed by atoms with E-state index in [-0.39, 0.29) is 29.6 Å². The first-order chi connectivity index (χ1) is 16.1. The van der Waals surface area contributed by atoms with E-state index in [1.54, 1.807) is 60.7 Å². The molecule has 1 heterocycles. The van der Waals surface area contributed by atoms with Crippen molar-refractivity contribution >= 4 is 28.6 Å². The molecule has 1 amide bonds. The summed E-state index contributed by atoms with van der Waals surface area (Å²) in [6.07, 6.45) is 0. The van der Waals surface area contributed by atoms with Crippen molar-refractivity contribution in [1.29, 1.82) is 0 Å². The summed E-state index contributed by atoms with van der Waals surface area (Å²) >= 11 is 1.15.